The number of esters is 1. The number of ether oxygens (including phenoxy) is 3. The van der Waals surface area contributed by atoms with E-state index in [0.29, 0.717) is 41.5 Å². The first-order valence-electron chi connectivity index (χ1n) is 9.53. The average Bonchev–Trinajstić information content (AvgIpc) is 2.77. The first kappa shape index (κ1) is 22.5. The number of methoxy groups -OCH3 is 1. The van der Waals surface area contributed by atoms with E-state index < -0.39 is 11.9 Å². The van der Waals surface area contributed by atoms with Gasteiger partial charge >= 0.3 is 5.97 Å². The van der Waals surface area contributed by atoms with Crippen LogP contribution >= 0.6 is 0 Å². The summed E-state index contributed by atoms with van der Waals surface area (Å²) in [5.41, 5.74) is 1.39. The molecule has 0 unspecified atom stereocenters. The predicted molar refractivity (Wildman–Crippen MR) is 113 cm³/mol. The van der Waals surface area contributed by atoms with Gasteiger partial charge in [-0.25, -0.2) is 4.79 Å². The van der Waals surface area contributed by atoms with E-state index in [1.807, 2.05) is 19.9 Å². The Balaban J connectivity index is 2.13. The molecule has 7 heteroatoms. The van der Waals surface area contributed by atoms with Crippen LogP contribution in [0.3, 0.4) is 0 Å². The van der Waals surface area contributed by atoms with Gasteiger partial charge in [-0.05, 0) is 61.4 Å². The number of hydrogen-bond donors (Lipinski definition) is 1. The van der Waals surface area contributed by atoms with Gasteiger partial charge in [0.2, 0.25) is 0 Å². The quantitative estimate of drug-likeness (QED) is 0.379. The van der Waals surface area contributed by atoms with Gasteiger partial charge in [-0.3, -0.25) is 4.79 Å². The summed E-state index contributed by atoms with van der Waals surface area (Å²) in [5, 5.41) is 12.0. The standard InChI is InChI=1S/C23H24N2O5/c1-4-12-30-23(27)17-7-9-19(10-8-17)25-22(26)18(15-24)13-16-6-11-20(29-5-2)21(14-16)28-3/h6-11,13-14H,4-5,12H2,1-3H3,(H,25,26)/b18-13+. The minimum absolute atomic E-state index is 0.0763. The van der Waals surface area contributed by atoms with Crippen molar-refractivity contribution in [2.24, 2.45) is 0 Å². The van der Waals surface area contributed by atoms with Gasteiger partial charge < -0.3 is 19.5 Å². The second-order valence-corrected chi connectivity index (χ2v) is 6.18. The maximum absolute atomic E-state index is 12.5. The lowest BCUT2D eigenvalue weighted by Gasteiger charge is -2.10. The lowest BCUT2D eigenvalue weighted by molar-refractivity contribution is -0.112. The molecule has 0 radical (unpaired) electrons. The smallest absolute Gasteiger partial charge is 0.338 e. The fraction of sp³-hybridized carbons (Fsp3) is 0.261. The molecule has 0 spiro atoms. The number of amides is 1. The van der Waals surface area contributed by atoms with Gasteiger partial charge in [-0.2, -0.15) is 5.26 Å². The number of nitrogens with one attached hydrogen (secondary N) is 1. The van der Waals surface area contributed by atoms with Crippen molar-refractivity contribution >= 4 is 23.6 Å². The molecule has 0 saturated heterocycles. The number of nitriles is 1. The van der Waals surface area contributed by atoms with E-state index in [1.165, 1.54) is 13.2 Å². The molecule has 0 saturated carbocycles. The van der Waals surface area contributed by atoms with Crippen LogP contribution in [0.2, 0.25) is 0 Å². The van der Waals surface area contributed by atoms with Gasteiger partial charge in [0.25, 0.3) is 5.91 Å². The zero-order valence-corrected chi connectivity index (χ0v) is 17.2. The molecular formula is C23H24N2O5. The summed E-state index contributed by atoms with van der Waals surface area (Å²) in [6.45, 7) is 4.62. The molecule has 0 atom stereocenters. The van der Waals surface area contributed by atoms with E-state index in [2.05, 4.69) is 5.32 Å². The predicted octanol–water partition coefficient (Wildman–Crippen LogP) is 4.21. The number of carbonyl (C=O) groups excluding carboxylic acids is 2. The van der Waals surface area contributed by atoms with E-state index in [9.17, 15) is 14.9 Å². The van der Waals surface area contributed by atoms with Crippen molar-refractivity contribution in [2.75, 3.05) is 25.6 Å². The molecule has 0 aromatic heterocycles. The molecule has 2 aromatic rings. The average molecular weight is 408 g/mol. The zero-order chi connectivity index (χ0) is 21.9. The Labute approximate surface area is 175 Å². The third-order valence-corrected chi connectivity index (χ3v) is 3.98. The van der Waals surface area contributed by atoms with Gasteiger partial charge in [0.15, 0.2) is 11.5 Å². The molecule has 0 aliphatic carbocycles. The molecule has 0 fully saturated rings. The highest BCUT2D eigenvalue weighted by molar-refractivity contribution is 6.09. The maximum Gasteiger partial charge on any atom is 0.338 e. The number of anilines is 1. The lowest BCUT2D eigenvalue weighted by atomic mass is 10.1. The minimum Gasteiger partial charge on any atom is -0.493 e. The van der Waals surface area contributed by atoms with Crippen molar-refractivity contribution in [1.29, 1.82) is 5.26 Å². The fourth-order valence-electron chi connectivity index (χ4n) is 2.53. The van der Waals surface area contributed by atoms with Gasteiger partial charge in [0.05, 0.1) is 25.9 Å². The van der Waals surface area contributed by atoms with Crippen LogP contribution in [0.1, 0.15) is 36.2 Å². The van der Waals surface area contributed by atoms with Gasteiger partial charge in [0.1, 0.15) is 11.6 Å². The number of carbonyl (C=O) groups is 2. The zero-order valence-electron chi connectivity index (χ0n) is 17.2. The Kier molecular flexibility index (Phi) is 8.45. The summed E-state index contributed by atoms with van der Waals surface area (Å²) in [5.74, 6) is 0.106. The van der Waals surface area contributed by atoms with Gasteiger partial charge in [0, 0.05) is 5.69 Å². The van der Waals surface area contributed by atoms with Crippen molar-refractivity contribution < 1.29 is 23.8 Å². The van der Waals surface area contributed by atoms with Gasteiger partial charge in [-0.1, -0.05) is 13.0 Å². The van der Waals surface area contributed by atoms with E-state index in [1.54, 1.807) is 42.5 Å². The summed E-state index contributed by atoms with van der Waals surface area (Å²) in [4.78, 5) is 24.3. The molecule has 1 N–H and O–H groups in total. The first-order chi connectivity index (χ1) is 14.5. The fourth-order valence-corrected chi connectivity index (χ4v) is 2.53. The van der Waals surface area contributed by atoms with Crippen LogP contribution in [0, 0.1) is 11.3 Å². The van der Waals surface area contributed by atoms with Crippen molar-refractivity contribution in [3.63, 3.8) is 0 Å². The van der Waals surface area contributed by atoms with E-state index in [4.69, 9.17) is 14.2 Å². The molecule has 156 valence electrons. The monoisotopic (exact) mass is 408 g/mol. The summed E-state index contributed by atoms with van der Waals surface area (Å²) in [6.07, 6.45) is 2.20. The summed E-state index contributed by atoms with van der Waals surface area (Å²) >= 11 is 0. The molecule has 0 heterocycles. The molecule has 0 aliphatic rings. The second kappa shape index (κ2) is 11.3. The van der Waals surface area contributed by atoms with Gasteiger partial charge in [-0.15, -0.1) is 0 Å². The van der Waals surface area contributed by atoms with E-state index >= 15 is 0 Å². The van der Waals surface area contributed by atoms with Crippen LogP contribution in [-0.4, -0.2) is 32.2 Å². The van der Waals surface area contributed by atoms with Crippen LogP contribution in [0.5, 0.6) is 11.5 Å². The maximum atomic E-state index is 12.5. The molecule has 30 heavy (non-hydrogen) atoms. The highest BCUT2D eigenvalue weighted by Gasteiger charge is 2.12. The Morgan fingerprint density at radius 1 is 1.10 bits per heavy atom. The molecule has 1 amide bonds. The highest BCUT2D eigenvalue weighted by Crippen LogP contribution is 2.29. The highest BCUT2D eigenvalue weighted by atomic mass is 16.5. The number of rotatable bonds is 9. The molecule has 2 rings (SSSR count). The topological polar surface area (TPSA) is 97.7 Å². The number of benzene rings is 2. The first-order valence-corrected chi connectivity index (χ1v) is 9.53. The van der Waals surface area contributed by atoms with Crippen LogP contribution in [-0.2, 0) is 9.53 Å². The lowest BCUT2D eigenvalue weighted by Crippen LogP contribution is -2.13. The Bertz CT molecular complexity index is 959. The van der Waals surface area contributed by atoms with Crippen LogP contribution in [0.15, 0.2) is 48.0 Å². The summed E-state index contributed by atoms with van der Waals surface area (Å²) in [7, 11) is 1.52. The van der Waals surface area contributed by atoms with Crippen molar-refractivity contribution in [3.8, 4) is 17.6 Å². The van der Waals surface area contributed by atoms with Crippen molar-refractivity contribution in [1.82, 2.24) is 0 Å². The van der Waals surface area contributed by atoms with Crippen molar-refractivity contribution in [2.45, 2.75) is 20.3 Å². The molecular weight excluding hydrogens is 384 g/mol. The van der Waals surface area contributed by atoms with Crippen molar-refractivity contribution in [3.05, 3.63) is 59.2 Å². The SMILES string of the molecule is CCCOC(=O)c1ccc(NC(=O)/C(C#N)=C/c2ccc(OCC)c(OC)c2)cc1. The van der Waals surface area contributed by atoms with Crippen LogP contribution < -0.4 is 14.8 Å². The summed E-state index contributed by atoms with van der Waals surface area (Å²) in [6, 6.07) is 13.3. The minimum atomic E-state index is -0.563. The normalized spacial score (nSPS) is 10.7. The summed E-state index contributed by atoms with van der Waals surface area (Å²) < 4.78 is 15.8. The Morgan fingerprint density at radius 2 is 1.83 bits per heavy atom. The third-order valence-electron chi connectivity index (χ3n) is 3.98. The largest absolute Gasteiger partial charge is 0.493 e. The molecule has 0 aliphatic heterocycles. The third kappa shape index (κ3) is 6.11. The number of hydrogen-bond acceptors (Lipinski definition) is 6. The van der Waals surface area contributed by atoms with E-state index in [-0.39, 0.29) is 5.57 Å². The van der Waals surface area contributed by atoms with Crippen LogP contribution in [0.25, 0.3) is 6.08 Å². The number of nitrogens with zero attached hydrogens (tertiary/aromatic N) is 1. The Hall–Kier alpha value is -3.79. The van der Waals surface area contributed by atoms with Crippen LogP contribution in [0.4, 0.5) is 5.69 Å². The Morgan fingerprint density at radius 3 is 2.43 bits per heavy atom. The second-order valence-electron chi connectivity index (χ2n) is 6.18. The molecule has 2 aromatic carbocycles. The molecule has 0 bridgehead atoms. The molecule has 7 nitrogen and oxygen atoms in total. The van der Waals surface area contributed by atoms with E-state index in [0.717, 1.165) is 6.42 Å².